The van der Waals surface area contributed by atoms with Crippen LogP contribution in [0.1, 0.15) is 33.1 Å². The summed E-state index contributed by atoms with van der Waals surface area (Å²) < 4.78 is 17.7. The number of nitrogens with zero attached hydrogens (tertiary/aromatic N) is 1. The maximum Gasteiger partial charge on any atom is 0.247 e. The SMILES string of the molecule is COCCC(=O)N(CCCOC(C)C)C1CC(C(=O)NCCO)=CC(Oc2ccccc2I)C1O. The monoisotopic (exact) mass is 604 g/mol. The number of para-hydroxylation sites is 1. The second-order valence-electron chi connectivity index (χ2n) is 8.55. The first-order valence-electron chi connectivity index (χ1n) is 11.9. The van der Waals surface area contributed by atoms with Crippen molar-refractivity contribution in [3.8, 4) is 5.75 Å². The fourth-order valence-electron chi connectivity index (χ4n) is 3.83. The number of amides is 2. The van der Waals surface area contributed by atoms with E-state index in [1.54, 1.807) is 17.0 Å². The van der Waals surface area contributed by atoms with E-state index in [1.807, 2.05) is 32.0 Å². The van der Waals surface area contributed by atoms with E-state index in [1.165, 1.54) is 7.11 Å². The van der Waals surface area contributed by atoms with Crippen molar-refractivity contribution < 1.29 is 34.0 Å². The molecule has 3 atom stereocenters. The number of hydrogen-bond acceptors (Lipinski definition) is 7. The third kappa shape index (κ3) is 9.34. The predicted octanol–water partition coefficient (Wildman–Crippen LogP) is 1.89. The van der Waals surface area contributed by atoms with Crippen molar-refractivity contribution in [1.29, 1.82) is 0 Å². The first kappa shape index (κ1) is 29.5. The lowest BCUT2D eigenvalue weighted by Crippen LogP contribution is -2.55. The molecule has 0 saturated heterocycles. The van der Waals surface area contributed by atoms with Gasteiger partial charge in [0.15, 0.2) is 0 Å². The van der Waals surface area contributed by atoms with Crippen LogP contribution in [-0.4, -0.2) is 91.3 Å². The van der Waals surface area contributed by atoms with Crippen molar-refractivity contribution in [3.05, 3.63) is 39.5 Å². The minimum atomic E-state index is -1.06. The summed E-state index contributed by atoms with van der Waals surface area (Å²) in [5.74, 6) is 0.0389. The fraction of sp³-hybridized carbons (Fsp3) is 0.600. The molecule has 2 amide bonds. The summed E-state index contributed by atoms with van der Waals surface area (Å²) in [6, 6.07) is 6.72. The molecule has 3 N–H and O–H groups in total. The molecular weight excluding hydrogens is 567 g/mol. The molecule has 1 aliphatic carbocycles. The highest BCUT2D eigenvalue weighted by atomic mass is 127. The van der Waals surface area contributed by atoms with Gasteiger partial charge in [-0.3, -0.25) is 9.59 Å². The Bertz CT molecular complexity index is 849. The summed E-state index contributed by atoms with van der Waals surface area (Å²) in [5.41, 5.74) is 0.396. The van der Waals surface area contributed by atoms with Crippen LogP contribution in [0.2, 0.25) is 0 Å². The Balaban J connectivity index is 2.32. The van der Waals surface area contributed by atoms with E-state index in [-0.39, 0.29) is 50.5 Å². The molecule has 0 bridgehead atoms. The summed E-state index contributed by atoms with van der Waals surface area (Å²) in [4.78, 5) is 27.6. The Morgan fingerprint density at radius 2 is 2.00 bits per heavy atom. The second kappa shape index (κ2) is 15.4. The highest BCUT2D eigenvalue weighted by Gasteiger charge is 2.40. The van der Waals surface area contributed by atoms with Crippen molar-refractivity contribution in [3.63, 3.8) is 0 Å². The summed E-state index contributed by atoms with van der Waals surface area (Å²) >= 11 is 2.15. The zero-order valence-corrected chi connectivity index (χ0v) is 22.8. The van der Waals surface area contributed by atoms with Gasteiger partial charge in [0, 0.05) is 38.8 Å². The molecule has 1 aromatic rings. The van der Waals surface area contributed by atoms with Gasteiger partial charge in [0.2, 0.25) is 11.8 Å². The number of halogens is 1. The van der Waals surface area contributed by atoms with Gasteiger partial charge < -0.3 is 34.6 Å². The van der Waals surface area contributed by atoms with E-state index in [0.29, 0.717) is 30.9 Å². The first-order chi connectivity index (χ1) is 16.8. The van der Waals surface area contributed by atoms with Crippen molar-refractivity contribution in [2.24, 2.45) is 0 Å². The zero-order valence-electron chi connectivity index (χ0n) is 20.6. The molecule has 0 aromatic heterocycles. The minimum absolute atomic E-state index is 0.0730. The number of carbonyl (C=O) groups is 2. The van der Waals surface area contributed by atoms with E-state index in [9.17, 15) is 14.7 Å². The van der Waals surface area contributed by atoms with Crippen LogP contribution < -0.4 is 10.1 Å². The van der Waals surface area contributed by atoms with E-state index >= 15 is 0 Å². The molecule has 1 aliphatic rings. The summed E-state index contributed by atoms with van der Waals surface area (Å²) in [6.45, 7) is 4.89. The van der Waals surface area contributed by atoms with Crippen molar-refractivity contribution in [1.82, 2.24) is 10.2 Å². The number of methoxy groups -OCH3 is 1. The molecule has 0 radical (unpaired) electrons. The molecule has 0 aliphatic heterocycles. The number of carbonyl (C=O) groups excluding carboxylic acids is 2. The standard InChI is InChI=1S/C25H37IN2O7/c1-17(2)34-13-6-11-28(23(30)9-14-33-3)20-15-18(25(32)27-10-12-29)16-22(24(20)31)35-21-8-5-4-7-19(21)26/h4-5,7-8,16-17,20,22,24,29,31H,6,9-15H2,1-3H3,(H,27,32). The van der Waals surface area contributed by atoms with Crippen LogP contribution in [0.4, 0.5) is 0 Å². The predicted molar refractivity (Wildman–Crippen MR) is 140 cm³/mol. The topological polar surface area (TPSA) is 118 Å². The lowest BCUT2D eigenvalue weighted by Gasteiger charge is -2.40. The average Bonchev–Trinajstić information content (AvgIpc) is 2.83. The number of ether oxygens (including phenoxy) is 3. The van der Waals surface area contributed by atoms with Crippen LogP contribution in [-0.2, 0) is 19.1 Å². The Kier molecular flexibility index (Phi) is 13.0. The molecule has 2 rings (SSSR count). The zero-order chi connectivity index (χ0) is 25.8. The van der Waals surface area contributed by atoms with Gasteiger partial charge in [-0.15, -0.1) is 0 Å². The molecule has 35 heavy (non-hydrogen) atoms. The van der Waals surface area contributed by atoms with Gasteiger partial charge in [-0.2, -0.15) is 0 Å². The molecule has 1 aromatic carbocycles. The maximum atomic E-state index is 13.1. The van der Waals surface area contributed by atoms with Crippen LogP contribution >= 0.6 is 22.6 Å². The Hall–Kier alpha value is -1.73. The lowest BCUT2D eigenvalue weighted by atomic mass is 9.88. The number of nitrogens with one attached hydrogen (secondary N) is 1. The quantitative estimate of drug-likeness (QED) is 0.219. The number of rotatable bonds is 14. The van der Waals surface area contributed by atoms with Crippen LogP contribution in [0.25, 0.3) is 0 Å². The normalized spacial score (nSPS) is 19.9. The van der Waals surface area contributed by atoms with Crippen LogP contribution in [0.15, 0.2) is 35.9 Å². The maximum absolute atomic E-state index is 13.1. The summed E-state index contributed by atoms with van der Waals surface area (Å²) in [6.07, 6.45) is 0.677. The van der Waals surface area contributed by atoms with Gasteiger partial charge in [-0.25, -0.2) is 0 Å². The van der Waals surface area contributed by atoms with Gasteiger partial charge >= 0.3 is 0 Å². The average molecular weight is 604 g/mol. The summed E-state index contributed by atoms with van der Waals surface area (Å²) in [5, 5.41) is 23.1. The van der Waals surface area contributed by atoms with E-state index in [2.05, 4.69) is 27.9 Å². The molecule has 10 heteroatoms. The van der Waals surface area contributed by atoms with Gasteiger partial charge in [-0.1, -0.05) is 12.1 Å². The highest BCUT2D eigenvalue weighted by Crippen LogP contribution is 2.30. The van der Waals surface area contributed by atoms with Crippen molar-refractivity contribution in [2.75, 3.05) is 40.0 Å². The largest absolute Gasteiger partial charge is 0.482 e. The van der Waals surface area contributed by atoms with Crippen LogP contribution in [0.3, 0.4) is 0 Å². The van der Waals surface area contributed by atoms with Gasteiger partial charge in [0.25, 0.3) is 0 Å². The van der Waals surface area contributed by atoms with Gasteiger partial charge in [-0.05, 0) is 61.1 Å². The Morgan fingerprint density at radius 3 is 2.66 bits per heavy atom. The number of benzene rings is 1. The molecule has 196 valence electrons. The van der Waals surface area contributed by atoms with E-state index in [4.69, 9.17) is 19.3 Å². The third-order valence-electron chi connectivity index (χ3n) is 5.55. The number of aliphatic hydroxyl groups is 2. The molecule has 9 nitrogen and oxygen atoms in total. The van der Waals surface area contributed by atoms with Gasteiger partial charge in [0.1, 0.15) is 18.0 Å². The van der Waals surface area contributed by atoms with Crippen molar-refractivity contribution >= 4 is 34.4 Å². The van der Waals surface area contributed by atoms with Crippen LogP contribution in [0.5, 0.6) is 5.75 Å². The molecule has 0 fully saturated rings. The molecule has 3 unspecified atom stereocenters. The fourth-order valence-corrected chi connectivity index (χ4v) is 4.34. The number of aliphatic hydroxyl groups excluding tert-OH is 2. The highest BCUT2D eigenvalue weighted by molar-refractivity contribution is 14.1. The van der Waals surface area contributed by atoms with E-state index in [0.717, 1.165) is 3.57 Å². The Labute approximate surface area is 220 Å². The molecule has 0 saturated carbocycles. The molecule has 0 spiro atoms. The molecule has 0 heterocycles. The lowest BCUT2D eigenvalue weighted by molar-refractivity contribution is -0.139. The summed E-state index contributed by atoms with van der Waals surface area (Å²) in [7, 11) is 1.53. The smallest absolute Gasteiger partial charge is 0.247 e. The van der Waals surface area contributed by atoms with Crippen molar-refractivity contribution in [2.45, 2.75) is 57.5 Å². The van der Waals surface area contributed by atoms with Crippen LogP contribution in [0, 0.1) is 3.57 Å². The Morgan fingerprint density at radius 1 is 1.26 bits per heavy atom. The van der Waals surface area contributed by atoms with Gasteiger partial charge in [0.05, 0.1) is 35.4 Å². The van der Waals surface area contributed by atoms with E-state index < -0.39 is 18.2 Å². The number of hydrogen-bond donors (Lipinski definition) is 3. The second-order valence-corrected chi connectivity index (χ2v) is 9.71. The third-order valence-corrected chi connectivity index (χ3v) is 6.44. The first-order valence-corrected chi connectivity index (χ1v) is 12.9. The minimum Gasteiger partial charge on any atom is -0.482 e. The molecular formula is C25H37IN2O7.